The number of phenols is 1. The van der Waals surface area contributed by atoms with Crippen LogP contribution in [-0.4, -0.2) is 30.0 Å². The zero-order chi connectivity index (χ0) is 23.3. The first-order valence-electron chi connectivity index (χ1n) is 10.1. The van der Waals surface area contributed by atoms with E-state index in [0.29, 0.717) is 34.3 Å². The first-order valence-corrected chi connectivity index (χ1v) is 11.7. The average Bonchev–Trinajstić information content (AvgIpc) is 3.26. The van der Waals surface area contributed by atoms with E-state index in [1.54, 1.807) is 20.3 Å². The van der Waals surface area contributed by atoms with Gasteiger partial charge in [-0.15, -0.1) is 0 Å². The third-order valence-electron chi connectivity index (χ3n) is 5.79. The first kappa shape index (κ1) is 22.2. The van der Waals surface area contributed by atoms with Gasteiger partial charge in [-0.1, -0.05) is 39.1 Å². The highest BCUT2D eigenvalue weighted by molar-refractivity contribution is 9.10. The molecule has 9 heteroatoms. The highest BCUT2D eigenvalue weighted by Gasteiger charge is 2.42. The van der Waals surface area contributed by atoms with Crippen molar-refractivity contribution >= 4 is 44.8 Å². The summed E-state index contributed by atoms with van der Waals surface area (Å²) in [5.74, 6) is 1.90. The lowest BCUT2D eigenvalue weighted by Crippen LogP contribution is -2.33. The highest BCUT2D eigenvalue weighted by atomic mass is 79.9. The topological polar surface area (TPSA) is 63.5 Å². The van der Waals surface area contributed by atoms with Gasteiger partial charge in [0.1, 0.15) is 11.5 Å². The summed E-state index contributed by atoms with van der Waals surface area (Å²) in [6.07, 6.45) is -0.0778. The first-order chi connectivity index (χ1) is 15.9. The van der Waals surface area contributed by atoms with E-state index >= 15 is 0 Å². The predicted molar refractivity (Wildman–Crippen MR) is 131 cm³/mol. The fourth-order valence-corrected chi connectivity index (χ4v) is 5.12. The van der Waals surface area contributed by atoms with Crippen LogP contribution in [0, 0.1) is 0 Å². The number of rotatable bonds is 4. The van der Waals surface area contributed by atoms with Crippen LogP contribution in [0.4, 0.5) is 0 Å². The lowest BCUT2D eigenvalue weighted by atomic mass is 9.95. The maximum atomic E-state index is 10.7. The monoisotopic (exact) mass is 548 g/mol. The second-order valence-corrected chi connectivity index (χ2v) is 9.45. The van der Waals surface area contributed by atoms with Crippen LogP contribution in [0.25, 0.3) is 0 Å². The van der Waals surface area contributed by atoms with Gasteiger partial charge in [-0.25, -0.2) is 5.01 Å². The summed E-state index contributed by atoms with van der Waals surface area (Å²) in [5, 5.41) is 18.0. The Kier molecular flexibility index (Phi) is 5.80. The fraction of sp³-hybridized carbons (Fsp3) is 0.208. The molecular weight excluding hydrogens is 531 g/mol. The average molecular weight is 550 g/mol. The van der Waals surface area contributed by atoms with Gasteiger partial charge in [0.2, 0.25) is 6.23 Å². The van der Waals surface area contributed by atoms with Crippen molar-refractivity contribution in [3.8, 4) is 23.0 Å². The number of hydrogen-bond acceptors (Lipinski definition) is 6. The second kappa shape index (κ2) is 8.63. The molecule has 2 aliphatic heterocycles. The minimum atomic E-state index is -0.711. The molecule has 2 heterocycles. The Hall–Kier alpha value is -2.61. The molecule has 170 valence electrons. The zero-order valence-electron chi connectivity index (χ0n) is 17.7. The minimum absolute atomic E-state index is 0.0832. The SMILES string of the molecule is COc1ccc(C2=NN3[C@@H](C2)c2cc(Br)ccc2O[C@H]3c2cc(Cl)cc(Cl)c2O)cc1OC. The summed E-state index contributed by atoms with van der Waals surface area (Å²) in [5.41, 5.74) is 3.21. The van der Waals surface area contributed by atoms with Gasteiger partial charge in [0.15, 0.2) is 11.5 Å². The number of benzene rings is 3. The summed E-state index contributed by atoms with van der Waals surface area (Å²) in [4.78, 5) is 0. The third kappa shape index (κ3) is 3.88. The van der Waals surface area contributed by atoms with E-state index < -0.39 is 6.23 Å². The molecule has 1 N–H and O–H groups in total. The number of halogens is 3. The Morgan fingerprint density at radius 3 is 2.58 bits per heavy atom. The molecule has 3 aromatic rings. The van der Waals surface area contributed by atoms with Crippen LogP contribution in [0.2, 0.25) is 10.0 Å². The second-order valence-electron chi connectivity index (χ2n) is 7.69. The highest BCUT2D eigenvalue weighted by Crippen LogP contribution is 2.50. The molecule has 0 radical (unpaired) electrons. The number of phenolic OH excluding ortho intramolecular Hbond substituents is 1. The molecule has 0 saturated carbocycles. The van der Waals surface area contributed by atoms with Crippen LogP contribution >= 0.6 is 39.1 Å². The standard InChI is InChI=1S/C24H19BrCl2N2O4/c1-31-21-5-3-12(7-22(21)32-2)18-11-19-15-8-13(25)4-6-20(15)33-24(29(19)28-18)16-9-14(26)10-17(27)23(16)30/h3-10,19,24,30H,11H2,1-2H3/t19-,24-/m0/s1. The molecule has 5 rings (SSSR count). The van der Waals surface area contributed by atoms with Gasteiger partial charge in [0.25, 0.3) is 0 Å². The van der Waals surface area contributed by atoms with Gasteiger partial charge in [-0.05, 0) is 48.5 Å². The summed E-state index contributed by atoms with van der Waals surface area (Å²) < 4.78 is 18.1. The van der Waals surface area contributed by atoms with Crippen LogP contribution in [0.3, 0.4) is 0 Å². The molecule has 0 aromatic heterocycles. The summed E-state index contributed by atoms with van der Waals surface area (Å²) in [6, 6.07) is 14.6. The lowest BCUT2D eigenvalue weighted by Gasteiger charge is -2.38. The van der Waals surface area contributed by atoms with E-state index in [-0.39, 0.29) is 16.8 Å². The Labute approximate surface area is 209 Å². The van der Waals surface area contributed by atoms with Crippen LogP contribution in [-0.2, 0) is 0 Å². The number of aromatic hydroxyl groups is 1. The van der Waals surface area contributed by atoms with Gasteiger partial charge in [-0.3, -0.25) is 0 Å². The Morgan fingerprint density at radius 1 is 1.03 bits per heavy atom. The maximum Gasteiger partial charge on any atom is 0.217 e. The van der Waals surface area contributed by atoms with Gasteiger partial charge >= 0.3 is 0 Å². The number of hydrogen-bond donors (Lipinski definition) is 1. The zero-order valence-corrected chi connectivity index (χ0v) is 20.8. The van der Waals surface area contributed by atoms with Gasteiger partial charge in [0.05, 0.1) is 36.6 Å². The van der Waals surface area contributed by atoms with E-state index in [1.807, 2.05) is 41.4 Å². The smallest absolute Gasteiger partial charge is 0.217 e. The minimum Gasteiger partial charge on any atom is -0.506 e. The van der Waals surface area contributed by atoms with Gasteiger partial charge < -0.3 is 19.3 Å². The number of hydrazone groups is 1. The molecule has 3 aromatic carbocycles. The van der Waals surface area contributed by atoms with Crippen molar-refractivity contribution in [1.82, 2.24) is 5.01 Å². The van der Waals surface area contributed by atoms with Crippen molar-refractivity contribution in [2.75, 3.05) is 14.2 Å². The molecule has 2 atom stereocenters. The number of ether oxygens (including phenoxy) is 3. The number of methoxy groups -OCH3 is 2. The number of nitrogens with zero attached hydrogens (tertiary/aromatic N) is 2. The van der Waals surface area contributed by atoms with E-state index in [9.17, 15) is 5.11 Å². The molecular formula is C24H19BrCl2N2O4. The van der Waals surface area contributed by atoms with Crippen molar-refractivity contribution in [2.45, 2.75) is 18.7 Å². The molecule has 0 saturated heterocycles. The summed E-state index contributed by atoms with van der Waals surface area (Å²) in [6.45, 7) is 0. The quantitative estimate of drug-likeness (QED) is 0.391. The summed E-state index contributed by atoms with van der Waals surface area (Å²) >= 11 is 16.0. The normalized spacial score (nSPS) is 18.8. The molecule has 0 amide bonds. The van der Waals surface area contributed by atoms with Crippen molar-refractivity contribution in [3.63, 3.8) is 0 Å². The van der Waals surface area contributed by atoms with E-state index in [4.69, 9.17) is 42.5 Å². The largest absolute Gasteiger partial charge is 0.506 e. The third-order valence-corrected chi connectivity index (χ3v) is 6.79. The van der Waals surface area contributed by atoms with Crippen LogP contribution in [0.5, 0.6) is 23.0 Å². The van der Waals surface area contributed by atoms with Crippen LogP contribution in [0.15, 0.2) is 58.1 Å². The van der Waals surface area contributed by atoms with Crippen molar-refractivity contribution in [1.29, 1.82) is 0 Å². The molecule has 6 nitrogen and oxygen atoms in total. The lowest BCUT2D eigenvalue weighted by molar-refractivity contribution is -0.0203. The molecule has 0 bridgehead atoms. The molecule has 2 aliphatic rings. The van der Waals surface area contributed by atoms with Gasteiger partial charge in [-0.2, -0.15) is 5.10 Å². The Balaban J connectivity index is 1.63. The molecule has 0 fully saturated rings. The van der Waals surface area contributed by atoms with Crippen LogP contribution < -0.4 is 14.2 Å². The predicted octanol–water partition coefficient (Wildman–Crippen LogP) is 6.72. The Morgan fingerprint density at radius 2 is 1.82 bits per heavy atom. The van der Waals surface area contributed by atoms with Crippen molar-refractivity contribution in [2.24, 2.45) is 5.10 Å². The Bertz CT molecular complexity index is 1280. The molecule has 0 spiro atoms. The molecule has 0 unspecified atom stereocenters. The van der Waals surface area contributed by atoms with Crippen LogP contribution in [0.1, 0.15) is 35.4 Å². The number of fused-ring (bicyclic) bond motifs is 3. The van der Waals surface area contributed by atoms with Gasteiger partial charge in [0, 0.05) is 27.0 Å². The molecule has 0 aliphatic carbocycles. The van der Waals surface area contributed by atoms with Crippen molar-refractivity contribution in [3.05, 3.63) is 79.7 Å². The summed E-state index contributed by atoms with van der Waals surface area (Å²) in [7, 11) is 3.20. The van der Waals surface area contributed by atoms with E-state index in [0.717, 1.165) is 21.3 Å². The van der Waals surface area contributed by atoms with E-state index in [1.165, 1.54) is 6.07 Å². The maximum absolute atomic E-state index is 10.7. The van der Waals surface area contributed by atoms with Crippen molar-refractivity contribution < 1.29 is 19.3 Å². The molecule has 33 heavy (non-hydrogen) atoms. The fourth-order valence-electron chi connectivity index (χ4n) is 4.23. The van der Waals surface area contributed by atoms with E-state index in [2.05, 4.69) is 15.9 Å².